The van der Waals surface area contributed by atoms with Gasteiger partial charge in [0.1, 0.15) is 0 Å². The molecule has 2 fully saturated rings. The van der Waals surface area contributed by atoms with E-state index in [1.807, 2.05) is 6.07 Å². The molecule has 156 valence electrons. The highest BCUT2D eigenvalue weighted by molar-refractivity contribution is 7.84. The number of anilines is 1. The predicted molar refractivity (Wildman–Crippen MR) is 102 cm³/mol. The van der Waals surface area contributed by atoms with Crippen molar-refractivity contribution in [3.63, 3.8) is 0 Å². The van der Waals surface area contributed by atoms with Crippen molar-refractivity contribution in [1.82, 2.24) is 0 Å². The first-order chi connectivity index (χ1) is 13.3. The lowest BCUT2D eigenvalue weighted by Crippen LogP contribution is -2.34. The molecular weight excluding hydrogens is 391 g/mol. The first-order valence-corrected chi connectivity index (χ1v) is 11.1. The van der Waals surface area contributed by atoms with Crippen molar-refractivity contribution in [2.75, 3.05) is 18.5 Å². The van der Waals surface area contributed by atoms with Crippen LogP contribution in [-0.2, 0) is 26.1 Å². The molecule has 28 heavy (non-hydrogen) atoms. The molecule has 3 rings (SSSR count). The van der Waals surface area contributed by atoms with Crippen molar-refractivity contribution in [3.05, 3.63) is 29.8 Å². The molecule has 1 heterocycles. The van der Waals surface area contributed by atoms with Crippen LogP contribution in [0.2, 0.25) is 0 Å². The van der Waals surface area contributed by atoms with Crippen LogP contribution in [0.4, 0.5) is 18.9 Å². The summed E-state index contributed by atoms with van der Waals surface area (Å²) in [7, 11) is -1.02. The summed E-state index contributed by atoms with van der Waals surface area (Å²) in [5.74, 6) is -1.99. The zero-order valence-electron chi connectivity index (χ0n) is 15.7. The number of halogens is 3. The second kappa shape index (κ2) is 9.39. The summed E-state index contributed by atoms with van der Waals surface area (Å²) in [5.41, 5.74) is 1.39. The zero-order chi connectivity index (χ0) is 20.1. The first kappa shape index (κ1) is 21.3. The van der Waals surface area contributed by atoms with Gasteiger partial charge in [0.2, 0.25) is 5.91 Å². The van der Waals surface area contributed by atoms with E-state index in [9.17, 15) is 22.2 Å². The molecule has 1 aliphatic heterocycles. The topological polar surface area (TPSA) is 55.4 Å². The fourth-order valence-corrected chi connectivity index (χ4v) is 5.39. The van der Waals surface area contributed by atoms with Crippen molar-refractivity contribution in [2.45, 2.75) is 55.7 Å². The number of ether oxygens (including phenoxy) is 1. The highest BCUT2D eigenvalue weighted by Gasteiger charge is 2.43. The molecule has 1 amide bonds. The van der Waals surface area contributed by atoms with E-state index in [2.05, 4.69) is 5.32 Å². The van der Waals surface area contributed by atoms with Crippen LogP contribution in [-0.4, -0.2) is 34.8 Å². The van der Waals surface area contributed by atoms with Crippen molar-refractivity contribution < 1.29 is 26.9 Å². The number of rotatable bonds is 5. The van der Waals surface area contributed by atoms with Crippen molar-refractivity contribution >= 4 is 22.4 Å². The summed E-state index contributed by atoms with van der Waals surface area (Å²) in [4.78, 5) is 12.5. The molecule has 0 radical (unpaired) electrons. The quantitative estimate of drug-likeness (QED) is 0.772. The van der Waals surface area contributed by atoms with E-state index >= 15 is 0 Å². The third-order valence-corrected chi connectivity index (χ3v) is 7.38. The van der Waals surface area contributed by atoms with Gasteiger partial charge in [-0.05, 0) is 49.8 Å². The van der Waals surface area contributed by atoms with Gasteiger partial charge in [0.25, 0.3) is 0 Å². The molecule has 1 N–H and O–H groups in total. The molecule has 1 saturated heterocycles. The molecular formula is C20H26F3NO3S. The molecule has 1 aliphatic carbocycles. The minimum Gasteiger partial charge on any atom is -0.381 e. The summed E-state index contributed by atoms with van der Waals surface area (Å²) in [5, 5.41) is 2.87. The number of carbonyl (C=O) groups is 1. The van der Waals surface area contributed by atoms with Crippen LogP contribution in [0.25, 0.3) is 0 Å². The standard InChI is InChI=1S/C20H26F3NO3S/c21-20(22,23)16-5-2-4-15(12-16)19(25)24-17-6-1-3-14(11-17)13-28(26)18-7-9-27-10-8-18/h1,3,6,11,15-16,18H,2,4-5,7-10,12-13H2,(H,24,25). The average Bonchev–Trinajstić information content (AvgIpc) is 2.68. The van der Waals surface area contributed by atoms with Crippen LogP contribution in [0.3, 0.4) is 0 Å². The molecule has 0 aromatic heterocycles. The van der Waals surface area contributed by atoms with E-state index in [-0.39, 0.29) is 24.0 Å². The van der Waals surface area contributed by atoms with Gasteiger partial charge in [-0.1, -0.05) is 18.6 Å². The lowest BCUT2D eigenvalue weighted by atomic mass is 9.80. The Morgan fingerprint density at radius 2 is 1.93 bits per heavy atom. The Morgan fingerprint density at radius 1 is 1.18 bits per heavy atom. The van der Waals surface area contributed by atoms with Crippen molar-refractivity contribution in [1.29, 1.82) is 0 Å². The Morgan fingerprint density at radius 3 is 2.64 bits per heavy atom. The van der Waals surface area contributed by atoms with E-state index in [4.69, 9.17) is 4.74 Å². The number of amides is 1. The van der Waals surface area contributed by atoms with Gasteiger partial charge >= 0.3 is 6.18 Å². The van der Waals surface area contributed by atoms with Gasteiger partial charge in [0.05, 0.1) is 5.92 Å². The van der Waals surface area contributed by atoms with Crippen LogP contribution in [0.5, 0.6) is 0 Å². The van der Waals surface area contributed by atoms with Gasteiger partial charge in [0, 0.05) is 46.6 Å². The number of alkyl halides is 3. The van der Waals surface area contributed by atoms with Crippen LogP contribution < -0.4 is 5.32 Å². The molecule has 0 spiro atoms. The normalized spacial score (nSPS) is 25.2. The lowest BCUT2D eigenvalue weighted by Gasteiger charge is -2.29. The maximum atomic E-state index is 13.0. The van der Waals surface area contributed by atoms with Crippen molar-refractivity contribution in [3.8, 4) is 0 Å². The summed E-state index contributed by atoms with van der Waals surface area (Å²) in [6.07, 6.45) is -1.84. The largest absolute Gasteiger partial charge is 0.391 e. The Labute approximate surface area is 165 Å². The second-order valence-corrected chi connectivity index (χ2v) is 9.35. The van der Waals surface area contributed by atoms with Crippen LogP contribution >= 0.6 is 0 Å². The highest BCUT2D eigenvalue weighted by atomic mass is 32.2. The van der Waals surface area contributed by atoms with E-state index in [1.54, 1.807) is 18.2 Å². The Hall–Kier alpha value is -1.41. The predicted octanol–water partition coefficient (Wildman–Crippen LogP) is 4.42. The maximum Gasteiger partial charge on any atom is 0.391 e. The summed E-state index contributed by atoms with van der Waals surface area (Å²) in [6.45, 7) is 1.26. The van der Waals surface area contributed by atoms with E-state index in [0.717, 1.165) is 18.4 Å². The van der Waals surface area contributed by atoms with Gasteiger partial charge < -0.3 is 10.1 Å². The molecule has 1 saturated carbocycles. The van der Waals surface area contributed by atoms with Crippen molar-refractivity contribution in [2.24, 2.45) is 11.8 Å². The minimum atomic E-state index is -4.24. The van der Waals surface area contributed by atoms with E-state index in [1.165, 1.54) is 0 Å². The Kier molecular flexibility index (Phi) is 7.15. The van der Waals surface area contributed by atoms with Gasteiger partial charge in [-0.15, -0.1) is 0 Å². The SMILES string of the molecule is O=C(Nc1cccc(CS(=O)C2CCOCC2)c1)C1CCCC(C(F)(F)F)C1. The second-order valence-electron chi connectivity index (χ2n) is 7.63. The molecule has 4 nitrogen and oxygen atoms in total. The highest BCUT2D eigenvalue weighted by Crippen LogP contribution is 2.40. The third kappa shape index (κ3) is 5.80. The van der Waals surface area contributed by atoms with Crippen LogP contribution in [0.1, 0.15) is 44.1 Å². The molecule has 1 aromatic rings. The monoisotopic (exact) mass is 417 g/mol. The smallest absolute Gasteiger partial charge is 0.381 e. The fraction of sp³-hybridized carbons (Fsp3) is 0.650. The summed E-state index contributed by atoms with van der Waals surface area (Å²) in [6, 6.07) is 7.10. The Balaban J connectivity index is 1.57. The van der Waals surface area contributed by atoms with E-state index in [0.29, 0.717) is 37.5 Å². The van der Waals surface area contributed by atoms with E-state index < -0.39 is 28.8 Å². The fourth-order valence-electron chi connectivity index (χ4n) is 3.93. The number of benzene rings is 1. The van der Waals surface area contributed by atoms with Gasteiger partial charge in [-0.2, -0.15) is 13.2 Å². The molecule has 0 bridgehead atoms. The average molecular weight is 417 g/mol. The van der Waals surface area contributed by atoms with Gasteiger partial charge in [-0.25, -0.2) is 0 Å². The first-order valence-electron chi connectivity index (χ1n) is 9.74. The van der Waals surface area contributed by atoms with Crippen LogP contribution in [0.15, 0.2) is 24.3 Å². The number of hydrogen-bond donors (Lipinski definition) is 1. The number of carbonyl (C=O) groups excluding carboxylic acids is 1. The molecule has 1 aromatic carbocycles. The van der Waals surface area contributed by atoms with Gasteiger partial charge in [-0.3, -0.25) is 9.00 Å². The minimum absolute atomic E-state index is 0.0980. The summed E-state index contributed by atoms with van der Waals surface area (Å²) < 4.78 is 56.7. The zero-order valence-corrected chi connectivity index (χ0v) is 16.5. The molecule has 8 heteroatoms. The van der Waals surface area contributed by atoms with Crippen LogP contribution in [0, 0.1) is 11.8 Å². The molecule has 2 aliphatic rings. The maximum absolute atomic E-state index is 13.0. The number of nitrogens with one attached hydrogen (secondary N) is 1. The third-order valence-electron chi connectivity index (χ3n) is 5.55. The molecule has 3 atom stereocenters. The van der Waals surface area contributed by atoms with Gasteiger partial charge in [0.15, 0.2) is 0 Å². The summed E-state index contributed by atoms with van der Waals surface area (Å²) >= 11 is 0. The number of hydrogen-bond acceptors (Lipinski definition) is 3. The molecule has 3 unspecified atom stereocenters. The Bertz CT molecular complexity index is 704. The lowest BCUT2D eigenvalue weighted by molar-refractivity contribution is -0.185.